The Bertz CT molecular complexity index is 554. The molecular formula is C18H27N3O3. The number of aryl methyl sites for hydroxylation is 1. The van der Waals surface area contributed by atoms with E-state index in [9.17, 15) is 9.59 Å². The molecule has 2 rings (SSSR count). The van der Waals surface area contributed by atoms with Crippen LogP contribution in [-0.4, -0.2) is 50.7 Å². The molecule has 0 aromatic heterocycles. The van der Waals surface area contributed by atoms with Crippen LogP contribution in [0.15, 0.2) is 24.3 Å². The molecule has 0 spiro atoms. The molecule has 1 fully saturated rings. The van der Waals surface area contributed by atoms with Crippen LogP contribution in [0.3, 0.4) is 0 Å². The molecule has 3 amide bonds. The lowest BCUT2D eigenvalue weighted by atomic mass is 10.0. The molecule has 24 heavy (non-hydrogen) atoms. The Morgan fingerprint density at radius 3 is 2.71 bits per heavy atom. The average Bonchev–Trinajstić information content (AvgIpc) is 2.59. The Morgan fingerprint density at radius 1 is 1.25 bits per heavy atom. The first kappa shape index (κ1) is 18.3. The Morgan fingerprint density at radius 2 is 2.00 bits per heavy atom. The van der Waals surface area contributed by atoms with Crippen molar-refractivity contribution in [1.82, 2.24) is 10.2 Å². The lowest BCUT2D eigenvalue weighted by molar-refractivity contribution is -0.128. The van der Waals surface area contributed by atoms with Gasteiger partial charge >= 0.3 is 6.03 Å². The molecule has 1 aliphatic rings. The number of hydrogen-bond acceptors (Lipinski definition) is 3. The van der Waals surface area contributed by atoms with Crippen molar-refractivity contribution in [2.45, 2.75) is 25.7 Å². The quantitative estimate of drug-likeness (QED) is 0.839. The van der Waals surface area contributed by atoms with E-state index in [-0.39, 0.29) is 11.9 Å². The molecule has 2 N–H and O–H groups in total. The predicted molar refractivity (Wildman–Crippen MR) is 94.0 cm³/mol. The van der Waals surface area contributed by atoms with E-state index in [2.05, 4.69) is 10.6 Å². The van der Waals surface area contributed by atoms with Crippen molar-refractivity contribution in [3.05, 3.63) is 29.8 Å². The van der Waals surface area contributed by atoms with Crippen molar-refractivity contribution in [2.75, 3.05) is 39.2 Å². The van der Waals surface area contributed by atoms with Gasteiger partial charge in [0, 0.05) is 46.0 Å². The lowest BCUT2D eigenvalue weighted by Crippen LogP contribution is -2.35. The average molecular weight is 333 g/mol. The lowest BCUT2D eigenvalue weighted by Gasteiger charge is -2.22. The van der Waals surface area contributed by atoms with E-state index in [0.29, 0.717) is 25.3 Å². The number of carbonyl (C=O) groups is 2. The summed E-state index contributed by atoms with van der Waals surface area (Å²) in [4.78, 5) is 25.2. The highest BCUT2D eigenvalue weighted by atomic mass is 16.5. The monoisotopic (exact) mass is 333 g/mol. The van der Waals surface area contributed by atoms with Crippen molar-refractivity contribution in [1.29, 1.82) is 0 Å². The van der Waals surface area contributed by atoms with Crippen LogP contribution in [0.25, 0.3) is 0 Å². The first-order valence-electron chi connectivity index (χ1n) is 8.46. The number of carbonyl (C=O) groups excluding carboxylic acids is 2. The molecule has 0 aliphatic carbocycles. The zero-order chi connectivity index (χ0) is 17.4. The van der Waals surface area contributed by atoms with Crippen LogP contribution >= 0.6 is 0 Å². The molecule has 1 aliphatic heterocycles. The van der Waals surface area contributed by atoms with Crippen LogP contribution < -0.4 is 10.6 Å². The summed E-state index contributed by atoms with van der Waals surface area (Å²) in [5, 5.41) is 5.77. The standard InChI is InChI=1S/C18H27N3O3/c1-21(2)17(22)7-6-14-4-3-5-16(12-14)20-18(23)19-13-15-8-10-24-11-9-15/h3-5,12,15H,6-11,13H2,1-2H3,(H2,19,20,23). The second kappa shape index (κ2) is 9.27. The number of rotatable bonds is 6. The van der Waals surface area contributed by atoms with Gasteiger partial charge in [-0.1, -0.05) is 12.1 Å². The number of urea groups is 1. The van der Waals surface area contributed by atoms with Crippen LogP contribution in [0.5, 0.6) is 0 Å². The van der Waals surface area contributed by atoms with Gasteiger partial charge in [0.05, 0.1) is 0 Å². The van der Waals surface area contributed by atoms with Gasteiger partial charge in [-0.05, 0) is 42.9 Å². The van der Waals surface area contributed by atoms with E-state index in [1.165, 1.54) is 0 Å². The zero-order valence-corrected chi connectivity index (χ0v) is 14.5. The summed E-state index contributed by atoms with van der Waals surface area (Å²) in [5.41, 5.74) is 1.78. The molecule has 0 saturated carbocycles. The number of ether oxygens (including phenoxy) is 1. The van der Waals surface area contributed by atoms with Crippen LogP contribution in [0.2, 0.25) is 0 Å². The second-order valence-electron chi connectivity index (χ2n) is 6.38. The number of nitrogens with one attached hydrogen (secondary N) is 2. The largest absolute Gasteiger partial charge is 0.381 e. The van der Waals surface area contributed by atoms with Crippen molar-refractivity contribution in [2.24, 2.45) is 5.92 Å². The Balaban J connectivity index is 1.78. The van der Waals surface area contributed by atoms with Crippen molar-refractivity contribution in [3.63, 3.8) is 0 Å². The maximum atomic E-state index is 12.0. The minimum absolute atomic E-state index is 0.0996. The van der Waals surface area contributed by atoms with E-state index in [1.54, 1.807) is 19.0 Å². The van der Waals surface area contributed by atoms with Crippen molar-refractivity contribution in [3.8, 4) is 0 Å². The minimum atomic E-state index is -0.192. The topological polar surface area (TPSA) is 70.7 Å². The van der Waals surface area contributed by atoms with Gasteiger partial charge in [0.15, 0.2) is 0 Å². The number of anilines is 1. The molecule has 6 nitrogen and oxygen atoms in total. The third-order valence-electron chi connectivity index (χ3n) is 4.20. The third-order valence-corrected chi connectivity index (χ3v) is 4.20. The predicted octanol–water partition coefficient (Wildman–Crippen LogP) is 2.26. The fraction of sp³-hybridized carbons (Fsp3) is 0.556. The maximum Gasteiger partial charge on any atom is 0.319 e. The summed E-state index contributed by atoms with van der Waals surface area (Å²) >= 11 is 0. The summed E-state index contributed by atoms with van der Waals surface area (Å²) in [5.74, 6) is 0.593. The van der Waals surface area contributed by atoms with Crippen molar-refractivity contribution >= 4 is 17.6 Å². The van der Waals surface area contributed by atoms with Gasteiger partial charge in [-0.2, -0.15) is 0 Å². The molecule has 0 bridgehead atoms. The normalized spacial score (nSPS) is 14.9. The van der Waals surface area contributed by atoms with E-state index in [1.807, 2.05) is 24.3 Å². The molecule has 6 heteroatoms. The highest BCUT2D eigenvalue weighted by molar-refractivity contribution is 5.89. The molecule has 0 radical (unpaired) electrons. The number of hydrogen-bond donors (Lipinski definition) is 2. The zero-order valence-electron chi connectivity index (χ0n) is 14.5. The van der Waals surface area contributed by atoms with Gasteiger partial charge in [-0.15, -0.1) is 0 Å². The molecular weight excluding hydrogens is 306 g/mol. The summed E-state index contributed by atoms with van der Waals surface area (Å²) in [6.45, 7) is 2.23. The van der Waals surface area contributed by atoms with Crippen LogP contribution in [0.1, 0.15) is 24.8 Å². The van der Waals surface area contributed by atoms with Crippen LogP contribution in [0, 0.1) is 5.92 Å². The Kier molecular flexibility index (Phi) is 7.06. The smallest absolute Gasteiger partial charge is 0.319 e. The molecule has 0 atom stereocenters. The van der Waals surface area contributed by atoms with E-state index in [4.69, 9.17) is 4.74 Å². The Hall–Kier alpha value is -2.08. The maximum absolute atomic E-state index is 12.0. The van der Waals surface area contributed by atoms with E-state index < -0.39 is 0 Å². The third kappa shape index (κ3) is 6.20. The minimum Gasteiger partial charge on any atom is -0.381 e. The second-order valence-corrected chi connectivity index (χ2v) is 6.38. The first-order chi connectivity index (χ1) is 11.5. The van der Waals surface area contributed by atoms with Gasteiger partial charge in [-0.25, -0.2) is 4.79 Å². The van der Waals surface area contributed by atoms with Gasteiger partial charge in [-0.3, -0.25) is 4.79 Å². The molecule has 0 unspecified atom stereocenters. The number of amides is 3. The fourth-order valence-corrected chi connectivity index (χ4v) is 2.64. The van der Waals surface area contributed by atoms with Gasteiger partial charge in [0.25, 0.3) is 0 Å². The highest BCUT2D eigenvalue weighted by Crippen LogP contribution is 2.14. The van der Waals surface area contributed by atoms with E-state index >= 15 is 0 Å². The van der Waals surface area contributed by atoms with Crippen LogP contribution in [-0.2, 0) is 16.0 Å². The van der Waals surface area contributed by atoms with Crippen molar-refractivity contribution < 1.29 is 14.3 Å². The number of nitrogens with zero attached hydrogens (tertiary/aromatic N) is 1. The first-order valence-corrected chi connectivity index (χ1v) is 8.46. The van der Waals surface area contributed by atoms with E-state index in [0.717, 1.165) is 37.3 Å². The van der Waals surface area contributed by atoms with Gasteiger partial charge in [0.1, 0.15) is 0 Å². The summed E-state index contributed by atoms with van der Waals surface area (Å²) in [7, 11) is 3.51. The SMILES string of the molecule is CN(C)C(=O)CCc1cccc(NC(=O)NCC2CCOCC2)c1. The summed E-state index contributed by atoms with van der Waals surface area (Å²) in [6.07, 6.45) is 3.12. The Labute approximate surface area is 143 Å². The molecule has 1 aromatic rings. The summed E-state index contributed by atoms with van der Waals surface area (Å²) < 4.78 is 5.31. The molecule has 1 heterocycles. The van der Waals surface area contributed by atoms with Gasteiger partial charge < -0.3 is 20.3 Å². The molecule has 1 aromatic carbocycles. The summed E-state index contributed by atoms with van der Waals surface area (Å²) in [6, 6.07) is 7.43. The molecule has 132 valence electrons. The van der Waals surface area contributed by atoms with Gasteiger partial charge in [0.2, 0.25) is 5.91 Å². The fourth-order valence-electron chi connectivity index (χ4n) is 2.64. The molecule has 1 saturated heterocycles. The number of benzene rings is 1. The highest BCUT2D eigenvalue weighted by Gasteiger charge is 2.14. The van der Waals surface area contributed by atoms with Crippen LogP contribution in [0.4, 0.5) is 10.5 Å².